The number of piperazine rings is 1. The van der Waals surface area contributed by atoms with Gasteiger partial charge in [0.25, 0.3) is 0 Å². The van der Waals surface area contributed by atoms with E-state index in [2.05, 4.69) is 59.9 Å². The molecular weight excluding hydrogens is 424 g/mol. The van der Waals surface area contributed by atoms with Crippen LogP contribution in [0.15, 0.2) is 45.3 Å². The second kappa shape index (κ2) is 8.48. The van der Waals surface area contributed by atoms with Crippen LogP contribution in [0.4, 0.5) is 10.8 Å². The summed E-state index contributed by atoms with van der Waals surface area (Å²) >= 11 is 5.19. The third kappa shape index (κ3) is 4.55. The van der Waals surface area contributed by atoms with Crippen molar-refractivity contribution in [1.29, 1.82) is 0 Å². The summed E-state index contributed by atoms with van der Waals surface area (Å²) in [6.45, 7) is 6.67. The number of halogens is 1. The molecule has 0 saturated carbocycles. The van der Waals surface area contributed by atoms with Gasteiger partial charge in [0, 0.05) is 67.6 Å². The third-order valence-corrected chi connectivity index (χ3v) is 6.64. The molecule has 1 unspecified atom stereocenters. The molecule has 1 aromatic heterocycles. The Kier molecular flexibility index (Phi) is 5.83. The van der Waals surface area contributed by atoms with Crippen molar-refractivity contribution in [3.05, 3.63) is 40.3 Å². The number of nitrogens with two attached hydrogens (primary N) is 1. The number of aromatic nitrogens is 1. The van der Waals surface area contributed by atoms with E-state index in [-0.39, 0.29) is 0 Å². The van der Waals surface area contributed by atoms with Crippen molar-refractivity contribution >= 4 is 44.0 Å². The lowest BCUT2D eigenvalue weighted by Gasteiger charge is -2.35. The second-order valence-electron chi connectivity index (χ2n) is 7.06. The first kappa shape index (κ1) is 18.6. The summed E-state index contributed by atoms with van der Waals surface area (Å²) in [6.07, 6.45) is 3.03. The zero-order chi connectivity index (χ0) is 18.6. The quantitative estimate of drug-likeness (QED) is 0.575. The van der Waals surface area contributed by atoms with Crippen molar-refractivity contribution < 1.29 is 0 Å². The van der Waals surface area contributed by atoms with Gasteiger partial charge in [-0.05, 0) is 36.6 Å². The minimum Gasteiger partial charge on any atom is -0.371 e. The molecular formula is C19H25BrN6S. The van der Waals surface area contributed by atoms with Crippen molar-refractivity contribution in [3.8, 4) is 0 Å². The second-order valence-corrected chi connectivity index (χ2v) is 8.85. The highest BCUT2D eigenvalue weighted by molar-refractivity contribution is 9.10. The zero-order valence-electron chi connectivity index (χ0n) is 15.3. The van der Waals surface area contributed by atoms with E-state index < -0.39 is 0 Å². The van der Waals surface area contributed by atoms with Gasteiger partial charge in [0.2, 0.25) is 0 Å². The predicted octanol–water partition coefficient (Wildman–Crippen LogP) is 2.87. The van der Waals surface area contributed by atoms with E-state index in [1.165, 1.54) is 12.1 Å². The van der Waals surface area contributed by atoms with Gasteiger partial charge in [-0.2, -0.15) is 0 Å². The molecule has 0 radical (unpaired) electrons. The molecule has 0 bridgehead atoms. The fraction of sp³-hybridized carbons (Fsp3) is 0.474. The van der Waals surface area contributed by atoms with Crippen molar-refractivity contribution in [2.75, 3.05) is 55.6 Å². The Morgan fingerprint density at radius 1 is 1.15 bits per heavy atom. The van der Waals surface area contributed by atoms with E-state index in [1.807, 2.05) is 11.6 Å². The number of hydrogen-bond donors (Lipinski definition) is 1. The number of benzene rings is 1. The number of aliphatic imine (C=N–C) groups is 1. The maximum atomic E-state index is 6.28. The first-order valence-electron chi connectivity index (χ1n) is 9.39. The maximum Gasteiger partial charge on any atom is 0.191 e. The van der Waals surface area contributed by atoms with Crippen LogP contribution >= 0.6 is 27.3 Å². The molecule has 6 nitrogen and oxygen atoms in total. The van der Waals surface area contributed by atoms with Crippen LogP contribution < -0.4 is 15.5 Å². The van der Waals surface area contributed by atoms with E-state index in [4.69, 9.17) is 10.7 Å². The number of nitrogens with zero attached hydrogens (tertiary/aromatic N) is 5. The van der Waals surface area contributed by atoms with Gasteiger partial charge in [-0.25, -0.2) is 4.98 Å². The molecule has 3 heterocycles. The number of anilines is 2. The zero-order valence-corrected chi connectivity index (χ0v) is 17.7. The number of rotatable bonds is 4. The van der Waals surface area contributed by atoms with Gasteiger partial charge in [0.05, 0.1) is 0 Å². The van der Waals surface area contributed by atoms with Gasteiger partial charge in [-0.1, -0.05) is 15.9 Å². The summed E-state index contributed by atoms with van der Waals surface area (Å²) < 4.78 is 1.12. The largest absolute Gasteiger partial charge is 0.371 e. The molecule has 27 heavy (non-hydrogen) atoms. The van der Waals surface area contributed by atoms with E-state index in [1.54, 1.807) is 11.3 Å². The molecule has 2 aliphatic rings. The highest BCUT2D eigenvalue weighted by atomic mass is 79.9. The monoisotopic (exact) mass is 448 g/mol. The molecule has 2 saturated heterocycles. The van der Waals surface area contributed by atoms with E-state index in [9.17, 15) is 0 Å². The van der Waals surface area contributed by atoms with Crippen LogP contribution in [-0.2, 0) is 0 Å². The van der Waals surface area contributed by atoms with Crippen LogP contribution in [0.1, 0.15) is 6.42 Å². The lowest BCUT2D eigenvalue weighted by molar-refractivity contribution is 0.379. The summed E-state index contributed by atoms with van der Waals surface area (Å²) in [4.78, 5) is 16.1. The SMILES string of the molecule is NC(=NCC1CCN(c2ccc(Br)cc2)C1)N1CCN(c2nccs2)CC1. The number of guanidine groups is 1. The van der Waals surface area contributed by atoms with Gasteiger partial charge >= 0.3 is 0 Å². The molecule has 1 aromatic carbocycles. The summed E-state index contributed by atoms with van der Waals surface area (Å²) in [6, 6.07) is 8.55. The fourth-order valence-corrected chi connectivity index (χ4v) is 4.65. The Morgan fingerprint density at radius 3 is 2.63 bits per heavy atom. The first-order chi connectivity index (χ1) is 13.2. The predicted molar refractivity (Wildman–Crippen MR) is 117 cm³/mol. The van der Waals surface area contributed by atoms with Crippen LogP contribution in [0.5, 0.6) is 0 Å². The Hall–Kier alpha value is -1.80. The van der Waals surface area contributed by atoms with Gasteiger partial charge in [-0.15, -0.1) is 11.3 Å². The summed E-state index contributed by atoms with van der Waals surface area (Å²) in [5, 5.41) is 3.13. The Bertz CT molecular complexity index is 755. The van der Waals surface area contributed by atoms with Crippen molar-refractivity contribution in [2.24, 2.45) is 16.6 Å². The Morgan fingerprint density at radius 2 is 1.93 bits per heavy atom. The summed E-state index contributed by atoms with van der Waals surface area (Å²) in [5.41, 5.74) is 7.57. The van der Waals surface area contributed by atoms with Crippen LogP contribution in [0, 0.1) is 5.92 Å². The molecule has 8 heteroatoms. The van der Waals surface area contributed by atoms with E-state index >= 15 is 0 Å². The van der Waals surface area contributed by atoms with Crippen molar-refractivity contribution in [1.82, 2.24) is 9.88 Å². The Balaban J connectivity index is 1.25. The van der Waals surface area contributed by atoms with Gasteiger partial charge < -0.3 is 20.4 Å². The van der Waals surface area contributed by atoms with Gasteiger partial charge in [-0.3, -0.25) is 4.99 Å². The topological polar surface area (TPSA) is 61.0 Å². The van der Waals surface area contributed by atoms with Crippen molar-refractivity contribution in [3.63, 3.8) is 0 Å². The molecule has 0 amide bonds. The van der Waals surface area contributed by atoms with Crippen LogP contribution in [0.25, 0.3) is 0 Å². The lowest BCUT2D eigenvalue weighted by Crippen LogP contribution is -2.51. The molecule has 0 aliphatic carbocycles. The smallest absolute Gasteiger partial charge is 0.191 e. The minimum absolute atomic E-state index is 0.573. The molecule has 0 spiro atoms. The van der Waals surface area contributed by atoms with E-state index in [0.29, 0.717) is 11.9 Å². The molecule has 2 N–H and O–H groups in total. The van der Waals surface area contributed by atoms with Gasteiger partial charge in [0.15, 0.2) is 11.1 Å². The molecule has 4 rings (SSSR count). The normalized spacial score (nSPS) is 21.1. The minimum atomic E-state index is 0.573. The van der Waals surface area contributed by atoms with Crippen molar-refractivity contribution in [2.45, 2.75) is 6.42 Å². The first-order valence-corrected chi connectivity index (χ1v) is 11.1. The average molecular weight is 449 g/mol. The Labute approximate surface area is 172 Å². The van der Waals surface area contributed by atoms with Crippen LogP contribution in [-0.4, -0.2) is 61.7 Å². The highest BCUT2D eigenvalue weighted by Crippen LogP contribution is 2.25. The molecule has 1 atom stereocenters. The number of thiazole rings is 1. The molecule has 2 aromatic rings. The summed E-state index contributed by atoms with van der Waals surface area (Å²) in [5.74, 6) is 1.26. The van der Waals surface area contributed by atoms with Gasteiger partial charge in [0.1, 0.15) is 0 Å². The fourth-order valence-electron chi connectivity index (χ4n) is 3.69. The van der Waals surface area contributed by atoms with E-state index in [0.717, 1.165) is 55.4 Å². The highest BCUT2D eigenvalue weighted by Gasteiger charge is 2.24. The van der Waals surface area contributed by atoms with Crippen LogP contribution in [0.2, 0.25) is 0 Å². The lowest BCUT2D eigenvalue weighted by atomic mass is 10.1. The average Bonchev–Trinajstić information content (AvgIpc) is 3.39. The third-order valence-electron chi connectivity index (χ3n) is 5.28. The molecule has 2 aliphatic heterocycles. The van der Waals surface area contributed by atoms with Crippen LogP contribution in [0.3, 0.4) is 0 Å². The standard InChI is InChI=1S/C19H25BrN6S/c20-16-1-3-17(4-2-16)26-7-5-15(14-26)13-23-18(21)24-8-10-25(11-9-24)19-22-6-12-27-19/h1-4,6,12,15H,5,7-11,13-14H2,(H2,21,23). The maximum absolute atomic E-state index is 6.28. The molecule has 144 valence electrons. The summed E-state index contributed by atoms with van der Waals surface area (Å²) in [7, 11) is 0. The number of hydrogen-bond acceptors (Lipinski definition) is 5. The molecule has 2 fully saturated rings.